The number of aryl methyl sites for hydroxylation is 2. The minimum Gasteiger partial charge on any atom is -0.487 e. The van der Waals surface area contributed by atoms with E-state index in [-0.39, 0.29) is 17.7 Å². The molecule has 1 N–H and O–H groups in total. The van der Waals surface area contributed by atoms with Crippen LogP contribution in [0.3, 0.4) is 0 Å². The maximum atomic E-state index is 12.6. The lowest BCUT2D eigenvalue weighted by Gasteiger charge is -2.15. The molecule has 3 aromatic rings. The topological polar surface area (TPSA) is 68.5 Å². The largest absolute Gasteiger partial charge is 0.487 e. The number of carboxylic acid groups (broad SMARTS) is 1. The van der Waals surface area contributed by atoms with E-state index < -0.39 is 5.97 Å². The minimum absolute atomic E-state index is 0.115. The molecule has 0 unspecified atom stereocenters. The number of nitrogens with zero attached hydrogens (tertiary/aromatic N) is 1. The van der Waals surface area contributed by atoms with Crippen LogP contribution in [-0.4, -0.2) is 15.6 Å². The standard InChI is InChI=1S/C23H22BrNO4/c1-2-16-4-3-5-20(14-16)29-15-19-10-11-21(24)22(26)25(19)13-12-17-6-8-18(9-7-17)23(27)28/h3-11,14H,2,12-13,15H2,1H3,(H,27,28). The summed E-state index contributed by atoms with van der Waals surface area (Å²) in [4.78, 5) is 23.6. The number of pyridine rings is 1. The van der Waals surface area contributed by atoms with Crippen molar-refractivity contribution >= 4 is 21.9 Å². The van der Waals surface area contributed by atoms with Gasteiger partial charge >= 0.3 is 5.97 Å². The molecule has 0 amide bonds. The second kappa shape index (κ2) is 9.56. The number of benzene rings is 2. The quantitative estimate of drug-likeness (QED) is 0.534. The summed E-state index contributed by atoms with van der Waals surface area (Å²) in [6.45, 7) is 2.85. The van der Waals surface area contributed by atoms with Crippen molar-refractivity contribution in [1.82, 2.24) is 4.57 Å². The Balaban J connectivity index is 1.76. The van der Waals surface area contributed by atoms with E-state index in [2.05, 4.69) is 28.9 Å². The third kappa shape index (κ3) is 5.35. The Bertz CT molecular complexity index is 1060. The normalized spacial score (nSPS) is 10.7. The lowest BCUT2D eigenvalue weighted by molar-refractivity contribution is 0.0697. The van der Waals surface area contributed by atoms with Gasteiger partial charge in [-0.1, -0.05) is 31.2 Å². The predicted octanol–water partition coefficient (Wildman–Crippen LogP) is 4.69. The Morgan fingerprint density at radius 1 is 1.07 bits per heavy atom. The molecule has 1 aromatic heterocycles. The van der Waals surface area contributed by atoms with Crippen molar-refractivity contribution in [2.24, 2.45) is 0 Å². The van der Waals surface area contributed by atoms with Gasteiger partial charge in [-0.3, -0.25) is 4.79 Å². The lowest BCUT2D eigenvalue weighted by atomic mass is 10.1. The molecule has 0 atom stereocenters. The summed E-state index contributed by atoms with van der Waals surface area (Å²) < 4.78 is 8.11. The third-order valence-corrected chi connectivity index (χ3v) is 5.34. The molecule has 0 saturated heterocycles. The minimum atomic E-state index is -0.952. The summed E-state index contributed by atoms with van der Waals surface area (Å²) in [5.74, 6) is -0.179. The first-order valence-corrected chi connectivity index (χ1v) is 10.2. The number of rotatable bonds is 8. The van der Waals surface area contributed by atoms with Gasteiger partial charge < -0.3 is 14.4 Å². The van der Waals surface area contributed by atoms with Crippen molar-refractivity contribution < 1.29 is 14.6 Å². The van der Waals surface area contributed by atoms with Crippen LogP contribution >= 0.6 is 15.9 Å². The van der Waals surface area contributed by atoms with Crippen LogP contribution in [0, 0.1) is 0 Å². The molecule has 0 saturated carbocycles. The van der Waals surface area contributed by atoms with Crippen LogP contribution in [0.15, 0.2) is 69.9 Å². The van der Waals surface area contributed by atoms with Gasteiger partial charge in [-0.05, 0) is 76.3 Å². The van der Waals surface area contributed by atoms with Crippen LogP contribution in [0.5, 0.6) is 5.75 Å². The first-order chi connectivity index (χ1) is 14.0. The number of aromatic nitrogens is 1. The molecule has 3 rings (SSSR count). The number of aromatic carboxylic acids is 1. The summed E-state index contributed by atoms with van der Waals surface area (Å²) in [6.07, 6.45) is 1.54. The SMILES string of the molecule is CCc1cccc(OCc2ccc(Br)c(=O)n2CCc2ccc(C(=O)O)cc2)c1. The fourth-order valence-electron chi connectivity index (χ4n) is 3.03. The Hall–Kier alpha value is -2.86. The van der Waals surface area contributed by atoms with E-state index in [4.69, 9.17) is 9.84 Å². The van der Waals surface area contributed by atoms with Crippen LogP contribution in [0.25, 0.3) is 0 Å². The van der Waals surface area contributed by atoms with Crippen molar-refractivity contribution in [2.45, 2.75) is 32.9 Å². The zero-order valence-electron chi connectivity index (χ0n) is 16.1. The number of hydrogen-bond acceptors (Lipinski definition) is 3. The van der Waals surface area contributed by atoms with Gasteiger partial charge in [-0.2, -0.15) is 0 Å². The van der Waals surface area contributed by atoms with Crippen molar-refractivity contribution in [1.29, 1.82) is 0 Å². The van der Waals surface area contributed by atoms with E-state index in [1.807, 2.05) is 24.3 Å². The molecule has 0 aliphatic rings. The highest BCUT2D eigenvalue weighted by atomic mass is 79.9. The van der Waals surface area contributed by atoms with Crippen molar-refractivity contribution in [2.75, 3.05) is 0 Å². The summed E-state index contributed by atoms with van der Waals surface area (Å²) >= 11 is 3.31. The second-order valence-electron chi connectivity index (χ2n) is 6.67. The Kier molecular flexibility index (Phi) is 6.88. The fraction of sp³-hybridized carbons (Fsp3) is 0.217. The van der Waals surface area contributed by atoms with E-state index >= 15 is 0 Å². The Morgan fingerprint density at radius 3 is 2.52 bits per heavy atom. The Labute approximate surface area is 177 Å². The fourth-order valence-corrected chi connectivity index (χ4v) is 3.37. The third-order valence-electron chi connectivity index (χ3n) is 4.74. The number of carbonyl (C=O) groups is 1. The molecule has 5 nitrogen and oxygen atoms in total. The summed E-state index contributed by atoms with van der Waals surface area (Å²) in [5.41, 5.74) is 3.07. The average Bonchev–Trinajstić information content (AvgIpc) is 2.74. The molecular formula is C23H22BrNO4. The molecule has 0 aliphatic heterocycles. The van der Waals surface area contributed by atoms with Gasteiger partial charge in [-0.25, -0.2) is 4.79 Å². The van der Waals surface area contributed by atoms with E-state index in [0.717, 1.165) is 23.4 Å². The van der Waals surface area contributed by atoms with Crippen LogP contribution < -0.4 is 10.3 Å². The number of hydrogen-bond donors (Lipinski definition) is 1. The van der Waals surface area contributed by atoms with E-state index in [1.165, 1.54) is 5.56 Å². The smallest absolute Gasteiger partial charge is 0.335 e. The van der Waals surface area contributed by atoms with Gasteiger partial charge in [0.25, 0.3) is 5.56 Å². The molecule has 0 spiro atoms. The van der Waals surface area contributed by atoms with Gasteiger partial charge in [0.05, 0.1) is 15.7 Å². The average molecular weight is 456 g/mol. The highest BCUT2D eigenvalue weighted by molar-refractivity contribution is 9.10. The van der Waals surface area contributed by atoms with E-state index in [0.29, 0.717) is 17.4 Å². The number of halogens is 1. The first kappa shape index (κ1) is 20.9. The van der Waals surface area contributed by atoms with Gasteiger partial charge in [-0.15, -0.1) is 0 Å². The molecule has 0 radical (unpaired) electrons. The van der Waals surface area contributed by atoms with Crippen molar-refractivity contribution in [3.05, 3.63) is 97.9 Å². The second-order valence-corrected chi connectivity index (χ2v) is 7.53. The number of ether oxygens (including phenoxy) is 1. The van der Waals surface area contributed by atoms with Gasteiger partial charge in [0, 0.05) is 6.54 Å². The molecule has 150 valence electrons. The van der Waals surface area contributed by atoms with Gasteiger partial charge in [0.15, 0.2) is 0 Å². The monoisotopic (exact) mass is 455 g/mol. The maximum absolute atomic E-state index is 12.6. The lowest BCUT2D eigenvalue weighted by Crippen LogP contribution is -2.25. The molecule has 6 heteroatoms. The van der Waals surface area contributed by atoms with E-state index in [9.17, 15) is 9.59 Å². The summed E-state index contributed by atoms with van der Waals surface area (Å²) in [5, 5.41) is 9.01. The van der Waals surface area contributed by atoms with Crippen molar-refractivity contribution in [3.63, 3.8) is 0 Å². The summed E-state index contributed by atoms with van der Waals surface area (Å²) in [6, 6.07) is 18.2. The highest BCUT2D eigenvalue weighted by Crippen LogP contribution is 2.16. The molecule has 1 heterocycles. The van der Waals surface area contributed by atoms with Crippen LogP contribution in [0.4, 0.5) is 0 Å². The highest BCUT2D eigenvalue weighted by Gasteiger charge is 2.09. The molecule has 0 bridgehead atoms. The zero-order chi connectivity index (χ0) is 20.8. The van der Waals surface area contributed by atoms with Crippen molar-refractivity contribution in [3.8, 4) is 5.75 Å². The predicted molar refractivity (Wildman–Crippen MR) is 116 cm³/mol. The molecule has 29 heavy (non-hydrogen) atoms. The molecule has 2 aromatic carbocycles. The van der Waals surface area contributed by atoms with Crippen LogP contribution in [-0.2, 0) is 26.0 Å². The van der Waals surface area contributed by atoms with Crippen LogP contribution in [0.1, 0.15) is 34.1 Å². The molecular weight excluding hydrogens is 434 g/mol. The molecule has 0 aliphatic carbocycles. The first-order valence-electron chi connectivity index (χ1n) is 9.40. The van der Waals surface area contributed by atoms with Gasteiger partial charge in [0.2, 0.25) is 0 Å². The number of carboxylic acids is 1. The summed E-state index contributed by atoms with van der Waals surface area (Å²) in [7, 11) is 0. The Morgan fingerprint density at radius 2 is 1.83 bits per heavy atom. The van der Waals surface area contributed by atoms with E-state index in [1.54, 1.807) is 34.9 Å². The van der Waals surface area contributed by atoms with Gasteiger partial charge in [0.1, 0.15) is 12.4 Å². The van der Waals surface area contributed by atoms with Crippen LogP contribution in [0.2, 0.25) is 0 Å². The molecule has 0 fully saturated rings. The zero-order valence-corrected chi connectivity index (χ0v) is 17.7. The maximum Gasteiger partial charge on any atom is 0.335 e.